The van der Waals surface area contributed by atoms with Gasteiger partial charge in [-0.25, -0.2) is 0 Å². The Kier molecular flexibility index (Phi) is 7.45. The Morgan fingerprint density at radius 2 is 1.68 bits per heavy atom. The predicted octanol–water partition coefficient (Wildman–Crippen LogP) is 1.93. The third-order valence-corrected chi connectivity index (χ3v) is 7.15. The average Bonchev–Trinajstić information content (AvgIpc) is 3.44. The highest BCUT2D eigenvalue weighted by Gasteiger charge is 2.37. The first-order chi connectivity index (χ1) is 18.0. The number of methoxy groups -OCH3 is 1. The molecule has 1 N–H and O–H groups in total. The number of nitrogens with zero attached hydrogens (tertiary/aromatic N) is 2. The highest BCUT2D eigenvalue weighted by molar-refractivity contribution is 5.98. The highest BCUT2D eigenvalue weighted by Crippen LogP contribution is 2.33. The predicted molar refractivity (Wildman–Crippen MR) is 133 cm³/mol. The zero-order chi connectivity index (χ0) is 25.8. The van der Waals surface area contributed by atoms with E-state index < -0.39 is 6.04 Å². The lowest BCUT2D eigenvalue weighted by Gasteiger charge is -2.38. The van der Waals surface area contributed by atoms with E-state index in [1.54, 1.807) is 47.2 Å². The fraction of sp³-hybridized carbons (Fsp3) is 0.444. The third-order valence-electron chi connectivity index (χ3n) is 7.15. The largest absolute Gasteiger partial charge is 0.496 e. The van der Waals surface area contributed by atoms with Crippen LogP contribution < -0.4 is 19.5 Å². The molecular weight excluding hydrogens is 478 g/mol. The number of carbonyl (C=O) groups excluding carboxylic acids is 3. The number of fused-ring (bicyclic) bond motifs is 1. The minimum absolute atomic E-state index is 0.101. The van der Waals surface area contributed by atoms with Gasteiger partial charge in [0.1, 0.15) is 11.8 Å². The number of hydrogen-bond donors (Lipinski definition) is 1. The molecule has 3 amide bonds. The zero-order valence-electron chi connectivity index (χ0n) is 20.8. The molecule has 10 heteroatoms. The number of hydrogen-bond acceptors (Lipinski definition) is 7. The summed E-state index contributed by atoms with van der Waals surface area (Å²) in [5.41, 5.74) is 0.910. The van der Waals surface area contributed by atoms with Gasteiger partial charge in [0.2, 0.25) is 12.7 Å². The number of rotatable bonds is 6. The monoisotopic (exact) mass is 509 g/mol. The fourth-order valence-electron chi connectivity index (χ4n) is 5.05. The molecule has 0 spiro atoms. The molecule has 37 heavy (non-hydrogen) atoms. The third kappa shape index (κ3) is 5.34. The number of para-hydroxylation sites is 1. The summed E-state index contributed by atoms with van der Waals surface area (Å²) in [6.07, 6.45) is 1.17. The van der Waals surface area contributed by atoms with E-state index in [1.165, 1.54) is 0 Å². The molecule has 0 aromatic heterocycles. The number of carbonyl (C=O) groups is 3. The highest BCUT2D eigenvalue weighted by atomic mass is 16.7. The Balaban J connectivity index is 1.30. The first-order valence-corrected chi connectivity index (χ1v) is 12.5. The van der Waals surface area contributed by atoms with E-state index in [0.717, 1.165) is 0 Å². The number of nitrogens with one attached hydrogen (secondary N) is 1. The van der Waals surface area contributed by atoms with E-state index in [4.69, 9.17) is 18.9 Å². The van der Waals surface area contributed by atoms with Gasteiger partial charge in [-0.2, -0.15) is 0 Å². The molecule has 0 radical (unpaired) electrons. The second-order valence-electron chi connectivity index (χ2n) is 9.29. The molecule has 0 unspecified atom stereocenters. The van der Waals surface area contributed by atoms with Gasteiger partial charge in [0.15, 0.2) is 11.5 Å². The SMILES string of the molecule is COc1ccccc1C(=O)N1CCC([C@H](NC(=O)c2ccc3c(c2)OCO3)C(=O)N2CCOCC2)CC1. The van der Waals surface area contributed by atoms with Gasteiger partial charge in [-0.3, -0.25) is 14.4 Å². The van der Waals surface area contributed by atoms with Gasteiger partial charge in [0.25, 0.3) is 11.8 Å². The Labute approximate surface area is 215 Å². The molecule has 10 nitrogen and oxygen atoms in total. The number of amides is 3. The van der Waals surface area contributed by atoms with E-state index >= 15 is 0 Å². The van der Waals surface area contributed by atoms with E-state index in [1.807, 2.05) is 12.1 Å². The molecule has 2 saturated heterocycles. The fourth-order valence-corrected chi connectivity index (χ4v) is 5.05. The van der Waals surface area contributed by atoms with Crippen LogP contribution in [0.25, 0.3) is 0 Å². The molecule has 3 aliphatic rings. The van der Waals surface area contributed by atoms with Gasteiger partial charge in [-0.15, -0.1) is 0 Å². The topological polar surface area (TPSA) is 107 Å². The molecule has 196 valence electrons. The minimum atomic E-state index is -0.709. The lowest BCUT2D eigenvalue weighted by atomic mass is 9.87. The number of benzene rings is 2. The Morgan fingerprint density at radius 1 is 0.946 bits per heavy atom. The van der Waals surface area contributed by atoms with E-state index in [0.29, 0.717) is 80.6 Å². The van der Waals surface area contributed by atoms with E-state index in [9.17, 15) is 14.4 Å². The molecule has 2 aromatic rings. The quantitative estimate of drug-likeness (QED) is 0.634. The summed E-state index contributed by atoms with van der Waals surface area (Å²) in [7, 11) is 1.54. The Hall–Kier alpha value is -3.79. The van der Waals surface area contributed by atoms with Gasteiger partial charge in [-0.05, 0) is 49.1 Å². The second-order valence-corrected chi connectivity index (χ2v) is 9.29. The first-order valence-electron chi connectivity index (χ1n) is 12.5. The van der Waals surface area contributed by atoms with Crippen molar-refractivity contribution in [3.05, 3.63) is 53.6 Å². The van der Waals surface area contributed by atoms with E-state index in [-0.39, 0.29) is 30.4 Å². The van der Waals surface area contributed by atoms with Crippen molar-refractivity contribution in [1.29, 1.82) is 0 Å². The Bertz CT molecular complexity index is 1160. The molecule has 3 heterocycles. The molecule has 2 aromatic carbocycles. The summed E-state index contributed by atoms with van der Waals surface area (Å²) in [5.74, 6) is 0.943. The smallest absolute Gasteiger partial charge is 0.257 e. The van der Waals surface area contributed by atoms with Crippen LogP contribution >= 0.6 is 0 Å². The maximum atomic E-state index is 13.6. The number of likely N-dealkylation sites (tertiary alicyclic amines) is 1. The Morgan fingerprint density at radius 3 is 2.43 bits per heavy atom. The van der Waals surface area contributed by atoms with Crippen molar-refractivity contribution in [2.75, 3.05) is 53.3 Å². The normalized spacial score (nSPS) is 18.3. The van der Waals surface area contributed by atoms with Gasteiger partial charge < -0.3 is 34.1 Å². The van der Waals surface area contributed by atoms with Crippen molar-refractivity contribution in [3.8, 4) is 17.2 Å². The molecule has 1 atom stereocenters. The van der Waals surface area contributed by atoms with Crippen molar-refractivity contribution in [3.63, 3.8) is 0 Å². The van der Waals surface area contributed by atoms with Gasteiger partial charge in [0, 0.05) is 31.7 Å². The van der Waals surface area contributed by atoms with Crippen molar-refractivity contribution in [1.82, 2.24) is 15.1 Å². The van der Waals surface area contributed by atoms with Crippen molar-refractivity contribution in [2.45, 2.75) is 18.9 Å². The standard InChI is InChI=1S/C27H31N3O7/c1-34-21-5-3-2-4-20(21)26(32)29-10-8-18(9-11-29)24(27(33)30-12-14-35-15-13-30)28-25(31)19-6-7-22-23(16-19)37-17-36-22/h2-7,16,18,24H,8-15,17H2,1H3,(H,28,31)/t24-/m0/s1. The van der Waals surface area contributed by atoms with Crippen LogP contribution in [0, 0.1) is 5.92 Å². The summed E-state index contributed by atoms with van der Waals surface area (Å²) in [6, 6.07) is 11.4. The lowest BCUT2D eigenvalue weighted by molar-refractivity contribution is -0.139. The maximum absolute atomic E-state index is 13.6. The van der Waals surface area contributed by atoms with Crippen LogP contribution in [0.3, 0.4) is 0 Å². The van der Waals surface area contributed by atoms with E-state index in [2.05, 4.69) is 5.32 Å². The van der Waals surface area contributed by atoms with Crippen molar-refractivity contribution in [2.24, 2.45) is 5.92 Å². The summed E-state index contributed by atoms with van der Waals surface area (Å²) in [4.78, 5) is 43.5. The van der Waals surface area contributed by atoms with Crippen LogP contribution in [0.5, 0.6) is 17.2 Å². The van der Waals surface area contributed by atoms with Crippen LogP contribution in [0.2, 0.25) is 0 Å². The van der Waals surface area contributed by atoms with Crippen molar-refractivity contribution < 1.29 is 33.3 Å². The number of morpholine rings is 1. The molecule has 3 aliphatic heterocycles. The molecule has 2 fully saturated rings. The van der Waals surface area contributed by atoms with Crippen LogP contribution in [0.15, 0.2) is 42.5 Å². The summed E-state index contributed by atoms with van der Waals surface area (Å²) in [6.45, 7) is 2.99. The molecule has 5 rings (SSSR count). The first kappa shape index (κ1) is 24.9. The lowest BCUT2D eigenvalue weighted by Crippen LogP contribution is -2.56. The maximum Gasteiger partial charge on any atom is 0.257 e. The van der Waals surface area contributed by atoms with Crippen LogP contribution in [-0.4, -0.2) is 86.9 Å². The molecule has 0 bridgehead atoms. The van der Waals surface area contributed by atoms with Crippen LogP contribution in [-0.2, 0) is 9.53 Å². The average molecular weight is 510 g/mol. The second kappa shape index (κ2) is 11.1. The van der Waals surface area contributed by atoms with Crippen LogP contribution in [0.1, 0.15) is 33.6 Å². The van der Waals surface area contributed by atoms with Crippen LogP contribution in [0.4, 0.5) is 0 Å². The van der Waals surface area contributed by atoms with Gasteiger partial charge in [-0.1, -0.05) is 12.1 Å². The molecular formula is C27H31N3O7. The van der Waals surface area contributed by atoms with Crippen molar-refractivity contribution >= 4 is 17.7 Å². The number of ether oxygens (including phenoxy) is 4. The van der Waals surface area contributed by atoms with Gasteiger partial charge >= 0.3 is 0 Å². The summed E-state index contributed by atoms with van der Waals surface area (Å²) < 4.78 is 21.5. The molecule has 0 saturated carbocycles. The van der Waals surface area contributed by atoms with Gasteiger partial charge in [0.05, 0.1) is 25.9 Å². The molecule has 0 aliphatic carbocycles. The summed E-state index contributed by atoms with van der Waals surface area (Å²) >= 11 is 0. The zero-order valence-corrected chi connectivity index (χ0v) is 20.8. The minimum Gasteiger partial charge on any atom is -0.496 e. The summed E-state index contributed by atoms with van der Waals surface area (Å²) in [5, 5.41) is 2.99. The number of piperidine rings is 1.